The number of carbonyl (C=O) groups excluding carboxylic acids is 2. The molecule has 4 atom stereocenters. The van der Waals surface area contributed by atoms with Gasteiger partial charge in [-0.2, -0.15) is 9.98 Å². The molecule has 2 aliphatic rings. The number of hydrogen-bond donors (Lipinski definition) is 1. The smallest absolute Gasteiger partial charge is 0.238 e. The van der Waals surface area contributed by atoms with Gasteiger partial charge in [0.25, 0.3) is 0 Å². The molecule has 0 amide bonds. The predicted octanol–water partition coefficient (Wildman–Crippen LogP) is 1.17. The summed E-state index contributed by atoms with van der Waals surface area (Å²) in [5, 5.41) is 10.7. The lowest BCUT2D eigenvalue weighted by Crippen LogP contribution is -2.51. The Balaban J connectivity index is 2.64. The Hall–Kier alpha value is -1.28. The molecule has 1 unspecified atom stereocenters. The minimum Gasteiger partial charge on any atom is -0.366 e. The van der Waals surface area contributed by atoms with Crippen LogP contribution in [0, 0.1) is 16.7 Å². The molecule has 17 heavy (non-hydrogen) atoms. The summed E-state index contributed by atoms with van der Waals surface area (Å²) >= 11 is 0. The molecule has 2 aliphatic carbocycles. The Kier molecular flexibility index (Phi) is 2.41. The van der Waals surface area contributed by atoms with Gasteiger partial charge in [0.15, 0.2) is 5.72 Å². The summed E-state index contributed by atoms with van der Waals surface area (Å²) in [5.41, 5.74) is -2.42. The molecule has 5 heteroatoms. The monoisotopic (exact) mass is 236 g/mol. The van der Waals surface area contributed by atoms with Gasteiger partial charge in [0, 0.05) is 5.41 Å². The molecule has 0 aromatic carbocycles. The summed E-state index contributed by atoms with van der Waals surface area (Å²) in [4.78, 5) is 28.3. The fraction of sp³-hybridized carbons (Fsp3) is 0.833. The van der Waals surface area contributed by atoms with Crippen molar-refractivity contribution in [3.8, 4) is 0 Å². The van der Waals surface area contributed by atoms with Gasteiger partial charge in [-0.25, -0.2) is 9.59 Å². The van der Waals surface area contributed by atoms with Crippen LogP contribution in [0.3, 0.4) is 0 Å². The van der Waals surface area contributed by atoms with E-state index in [4.69, 9.17) is 0 Å². The van der Waals surface area contributed by atoms with Crippen molar-refractivity contribution in [2.24, 2.45) is 26.7 Å². The lowest BCUT2D eigenvalue weighted by Gasteiger charge is -2.42. The highest BCUT2D eigenvalue weighted by molar-refractivity contribution is 5.41. The van der Waals surface area contributed by atoms with Crippen LogP contribution in [0.25, 0.3) is 0 Å². The van der Waals surface area contributed by atoms with Crippen molar-refractivity contribution < 1.29 is 14.7 Å². The maximum absolute atomic E-state index is 10.7. The van der Waals surface area contributed by atoms with Gasteiger partial charge in [0.1, 0.15) is 6.04 Å². The highest BCUT2D eigenvalue weighted by Gasteiger charge is 2.74. The SMILES string of the molecule is CC1(C)[C@H]2CC[C@@]1(C)[C@](O)(N=C=O)C2N=C=O. The van der Waals surface area contributed by atoms with Gasteiger partial charge in [-0.05, 0) is 24.2 Å². The summed E-state index contributed by atoms with van der Waals surface area (Å²) < 4.78 is 0. The first-order valence-corrected chi connectivity index (χ1v) is 5.73. The van der Waals surface area contributed by atoms with Crippen LogP contribution in [0.5, 0.6) is 0 Å². The van der Waals surface area contributed by atoms with Gasteiger partial charge in [-0.3, -0.25) is 0 Å². The molecule has 2 bridgehead atoms. The molecule has 92 valence electrons. The van der Waals surface area contributed by atoms with Crippen molar-refractivity contribution in [2.75, 3.05) is 0 Å². The zero-order valence-corrected chi connectivity index (χ0v) is 10.2. The summed E-state index contributed by atoms with van der Waals surface area (Å²) in [5.74, 6) is 0.0380. The van der Waals surface area contributed by atoms with Gasteiger partial charge in [0.2, 0.25) is 12.2 Å². The van der Waals surface area contributed by atoms with E-state index in [1.165, 1.54) is 12.2 Å². The van der Waals surface area contributed by atoms with Crippen LogP contribution in [0.2, 0.25) is 0 Å². The highest BCUT2D eigenvalue weighted by Crippen LogP contribution is 2.70. The molecule has 0 aromatic heterocycles. The summed E-state index contributed by atoms with van der Waals surface area (Å²) in [7, 11) is 0. The molecule has 0 aliphatic heterocycles. The molecular weight excluding hydrogens is 220 g/mol. The van der Waals surface area contributed by atoms with E-state index in [-0.39, 0.29) is 11.3 Å². The fourth-order valence-corrected chi connectivity index (χ4v) is 3.85. The molecule has 2 fully saturated rings. The van der Waals surface area contributed by atoms with E-state index in [0.29, 0.717) is 0 Å². The Morgan fingerprint density at radius 1 is 1.24 bits per heavy atom. The van der Waals surface area contributed by atoms with Gasteiger partial charge in [-0.15, -0.1) is 0 Å². The second-order valence-corrected chi connectivity index (χ2v) is 5.79. The predicted molar refractivity (Wildman–Crippen MR) is 59.6 cm³/mol. The normalized spacial score (nSPS) is 46.1. The van der Waals surface area contributed by atoms with Gasteiger partial charge >= 0.3 is 0 Å². The van der Waals surface area contributed by atoms with Gasteiger partial charge < -0.3 is 5.11 Å². The number of aliphatic hydroxyl groups is 1. The van der Waals surface area contributed by atoms with E-state index in [0.717, 1.165) is 12.8 Å². The average Bonchev–Trinajstić information content (AvgIpc) is 2.53. The number of fused-ring (bicyclic) bond motifs is 2. The van der Waals surface area contributed by atoms with E-state index in [2.05, 4.69) is 9.98 Å². The lowest BCUT2D eigenvalue weighted by molar-refractivity contribution is -0.0903. The number of rotatable bonds is 2. The Labute approximate surface area is 99.6 Å². The Bertz CT molecular complexity index is 449. The van der Waals surface area contributed by atoms with E-state index in [1.807, 2.05) is 20.8 Å². The molecule has 2 rings (SSSR count). The van der Waals surface area contributed by atoms with Crippen LogP contribution < -0.4 is 0 Å². The van der Waals surface area contributed by atoms with E-state index in [9.17, 15) is 14.7 Å². The van der Waals surface area contributed by atoms with Crippen LogP contribution in [-0.2, 0) is 9.59 Å². The quantitative estimate of drug-likeness (QED) is 0.577. The molecule has 0 saturated heterocycles. The first kappa shape index (κ1) is 12.2. The number of nitrogens with zero attached hydrogens (tertiary/aromatic N) is 2. The van der Waals surface area contributed by atoms with Crippen LogP contribution in [-0.4, -0.2) is 29.0 Å². The second-order valence-electron chi connectivity index (χ2n) is 5.79. The van der Waals surface area contributed by atoms with Crippen molar-refractivity contribution in [3.63, 3.8) is 0 Å². The first-order valence-electron chi connectivity index (χ1n) is 5.73. The number of isocyanates is 2. The minimum absolute atomic E-state index is 0.0380. The standard InChI is InChI=1S/C12H16N2O3/c1-10(2)8-4-5-11(10,3)12(17,14-7-16)9(8)13-6-15/h8-9,17H,4-5H2,1-3H3/t8-,9?,11+,12-/m0/s1. The van der Waals surface area contributed by atoms with Crippen molar-refractivity contribution >= 4 is 12.2 Å². The molecule has 0 radical (unpaired) electrons. The molecule has 0 spiro atoms. The fourth-order valence-electron chi connectivity index (χ4n) is 3.85. The summed E-state index contributed by atoms with van der Waals surface area (Å²) in [6.07, 6.45) is 4.54. The minimum atomic E-state index is -1.63. The maximum atomic E-state index is 10.7. The molecule has 0 aromatic rings. The van der Waals surface area contributed by atoms with Crippen molar-refractivity contribution in [1.29, 1.82) is 0 Å². The largest absolute Gasteiger partial charge is 0.366 e. The van der Waals surface area contributed by atoms with Crippen LogP contribution >= 0.6 is 0 Å². The van der Waals surface area contributed by atoms with Crippen molar-refractivity contribution in [3.05, 3.63) is 0 Å². The third kappa shape index (κ3) is 1.14. The molecular formula is C12H16N2O3. The topological polar surface area (TPSA) is 79.1 Å². The van der Waals surface area contributed by atoms with E-state index in [1.54, 1.807) is 0 Å². The zero-order chi connectivity index (χ0) is 12.9. The van der Waals surface area contributed by atoms with Crippen molar-refractivity contribution in [2.45, 2.75) is 45.4 Å². The number of hydrogen-bond acceptors (Lipinski definition) is 5. The van der Waals surface area contributed by atoms with Crippen LogP contribution in [0.1, 0.15) is 33.6 Å². The molecule has 5 nitrogen and oxygen atoms in total. The molecule has 2 saturated carbocycles. The second kappa shape index (κ2) is 3.36. The maximum Gasteiger partial charge on any atom is 0.238 e. The Morgan fingerprint density at radius 2 is 1.88 bits per heavy atom. The molecule has 0 heterocycles. The summed E-state index contributed by atoms with van der Waals surface area (Å²) in [6, 6.07) is -0.685. The number of aliphatic imine (C=N–C) groups is 2. The van der Waals surface area contributed by atoms with Gasteiger partial charge in [-0.1, -0.05) is 20.8 Å². The lowest BCUT2D eigenvalue weighted by atomic mass is 9.67. The van der Waals surface area contributed by atoms with Gasteiger partial charge in [0.05, 0.1) is 0 Å². The zero-order valence-electron chi connectivity index (χ0n) is 10.2. The first-order chi connectivity index (χ1) is 7.85. The highest BCUT2D eigenvalue weighted by atomic mass is 16.3. The Morgan fingerprint density at radius 3 is 2.41 bits per heavy atom. The summed E-state index contributed by atoms with van der Waals surface area (Å²) in [6.45, 7) is 5.95. The van der Waals surface area contributed by atoms with Crippen molar-refractivity contribution in [1.82, 2.24) is 0 Å². The average molecular weight is 236 g/mol. The van der Waals surface area contributed by atoms with Crippen LogP contribution in [0.15, 0.2) is 9.98 Å². The third-order valence-electron chi connectivity index (χ3n) is 5.32. The third-order valence-corrected chi connectivity index (χ3v) is 5.32. The van der Waals surface area contributed by atoms with Crippen LogP contribution in [0.4, 0.5) is 0 Å². The van der Waals surface area contributed by atoms with E-state index >= 15 is 0 Å². The van der Waals surface area contributed by atoms with E-state index < -0.39 is 17.2 Å². The molecule has 1 N–H and O–H groups in total.